The number of rotatable bonds is 3. The zero-order chi connectivity index (χ0) is 15.7. The average molecular weight is 369 g/mol. The lowest BCUT2D eigenvalue weighted by Gasteiger charge is -2.11. The average Bonchev–Trinajstić information content (AvgIpc) is 2.43. The van der Waals surface area contributed by atoms with Gasteiger partial charge in [-0.1, -0.05) is 34.8 Å². The molecule has 0 amide bonds. The number of carbonyl (C=O) groups is 1. The third-order valence-corrected chi connectivity index (χ3v) is 3.89. The van der Waals surface area contributed by atoms with E-state index in [-0.39, 0.29) is 37.8 Å². The maximum atomic E-state index is 14.4. The quantitative estimate of drug-likeness (QED) is 0.696. The number of nitrogens with zero attached hydrogens (tertiary/aromatic N) is 1. The van der Waals surface area contributed by atoms with Crippen molar-refractivity contribution in [3.8, 4) is 17.0 Å². The van der Waals surface area contributed by atoms with Crippen LogP contribution in [0.15, 0.2) is 18.2 Å². The molecule has 8 heteroatoms. The Morgan fingerprint density at radius 2 is 1.90 bits per heavy atom. The molecule has 0 spiro atoms. The van der Waals surface area contributed by atoms with Crippen molar-refractivity contribution >= 4 is 51.6 Å². The van der Waals surface area contributed by atoms with E-state index in [1.165, 1.54) is 25.3 Å². The molecule has 3 nitrogen and oxygen atoms in total. The molecule has 1 aromatic heterocycles. The third kappa shape index (κ3) is 3.09. The lowest BCUT2D eigenvalue weighted by molar-refractivity contribution is 0.107. The van der Waals surface area contributed by atoms with Gasteiger partial charge in [-0.2, -0.15) is 0 Å². The second kappa shape index (κ2) is 6.36. The summed E-state index contributed by atoms with van der Waals surface area (Å²) in [5.41, 5.74) is -0.182. The summed E-state index contributed by atoms with van der Waals surface area (Å²) in [5, 5.41) is -0.734. The molecule has 2 rings (SSSR count). The van der Waals surface area contributed by atoms with E-state index in [1.54, 1.807) is 0 Å². The first kappa shape index (κ1) is 16.3. The van der Waals surface area contributed by atoms with Gasteiger partial charge in [0.05, 0.1) is 27.9 Å². The molecule has 1 aromatic carbocycles. The highest BCUT2D eigenvalue weighted by atomic mass is 35.5. The van der Waals surface area contributed by atoms with Gasteiger partial charge in [0.15, 0.2) is 11.6 Å². The topological polar surface area (TPSA) is 39.2 Å². The molecule has 110 valence electrons. The molecule has 0 atom stereocenters. The highest BCUT2D eigenvalue weighted by Gasteiger charge is 2.21. The molecule has 0 fully saturated rings. The largest absolute Gasteiger partial charge is 0.492 e. The standard InChI is InChI=1S/C13H6Cl4FNO2/c1-21-12-6(14)3-2-5(10(12)18)11-9(16)7(15)4-8(19-11)13(17)20/h2-4H,1H3. The highest BCUT2D eigenvalue weighted by molar-refractivity contribution is 6.67. The first-order valence-corrected chi connectivity index (χ1v) is 6.96. The summed E-state index contributed by atoms with van der Waals surface area (Å²) in [4.78, 5) is 15.1. The number of ether oxygens (including phenoxy) is 1. The van der Waals surface area contributed by atoms with Gasteiger partial charge in [-0.05, 0) is 29.8 Å². The summed E-state index contributed by atoms with van der Waals surface area (Å²) < 4.78 is 19.3. The van der Waals surface area contributed by atoms with Crippen LogP contribution in [0.3, 0.4) is 0 Å². The summed E-state index contributed by atoms with van der Waals surface area (Å²) >= 11 is 23.1. The van der Waals surface area contributed by atoms with Gasteiger partial charge in [0.2, 0.25) is 0 Å². The molecule has 0 aliphatic heterocycles. The Hall–Kier alpha value is -1.07. The number of benzene rings is 1. The molecule has 0 aliphatic rings. The van der Waals surface area contributed by atoms with Gasteiger partial charge in [0.25, 0.3) is 5.24 Å². The lowest BCUT2D eigenvalue weighted by Crippen LogP contribution is -2.00. The van der Waals surface area contributed by atoms with Crippen molar-refractivity contribution in [3.05, 3.63) is 44.8 Å². The highest BCUT2D eigenvalue weighted by Crippen LogP contribution is 2.39. The van der Waals surface area contributed by atoms with Gasteiger partial charge in [-0.15, -0.1) is 0 Å². The molecule has 0 aliphatic carbocycles. The maximum absolute atomic E-state index is 14.4. The minimum atomic E-state index is -0.837. The van der Waals surface area contributed by atoms with Crippen LogP contribution in [-0.2, 0) is 0 Å². The van der Waals surface area contributed by atoms with E-state index in [2.05, 4.69) is 4.98 Å². The Kier molecular flexibility index (Phi) is 4.94. The van der Waals surface area contributed by atoms with E-state index in [1.807, 2.05) is 0 Å². The minimum Gasteiger partial charge on any atom is -0.492 e. The summed E-state index contributed by atoms with van der Waals surface area (Å²) in [6.07, 6.45) is 0. The van der Waals surface area contributed by atoms with Crippen LogP contribution in [0.2, 0.25) is 15.1 Å². The van der Waals surface area contributed by atoms with E-state index in [4.69, 9.17) is 51.1 Å². The third-order valence-electron chi connectivity index (χ3n) is 2.62. The normalized spacial score (nSPS) is 10.6. The van der Waals surface area contributed by atoms with Gasteiger partial charge in [-0.3, -0.25) is 4.79 Å². The Bertz CT molecular complexity index is 737. The SMILES string of the molecule is COc1c(Cl)ccc(-c2nc(C(=O)Cl)cc(Cl)c2Cl)c1F. The zero-order valence-electron chi connectivity index (χ0n) is 10.4. The van der Waals surface area contributed by atoms with Crippen molar-refractivity contribution < 1.29 is 13.9 Å². The second-order valence-corrected chi connectivity index (χ2v) is 5.40. The van der Waals surface area contributed by atoms with Crippen molar-refractivity contribution in [3.63, 3.8) is 0 Å². The molecular weight excluding hydrogens is 363 g/mol. The molecule has 0 saturated heterocycles. The number of pyridine rings is 1. The fraction of sp³-hybridized carbons (Fsp3) is 0.0769. The maximum Gasteiger partial charge on any atom is 0.270 e. The van der Waals surface area contributed by atoms with Crippen molar-refractivity contribution in [2.24, 2.45) is 0 Å². The van der Waals surface area contributed by atoms with E-state index in [9.17, 15) is 9.18 Å². The summed E-state index contributed by atoms with van der Waals surface area (Å²) in [7, 11) is 1.27. The Balaban J connectivity index is 2.75. The molecular formula is C13H6Cl4FNO2. The first-order valence-electron chi connectivity index (χ1n) is 5.45. The van der Waals surface area contributed by atoms with Crippen LogP contribution in [0.4, 0.5) is 4.39 Å². The number of halogens is 5. The van der Waals surface area contributed by atoms with Crippen LogP contribution in [0.5, 0.6) is 5.75 Å². The number of aromatic nitrogens is 1. The Labute approximate surface area is 139 Å². The summed E-state index contributed by atoms with van der Waals surface area (Å²) in [5.74, 6) is -0.930. The molecule has 21 heavy (non-hydrogen) atoms. The monoisotopic (exact) mass is 367 g/mol. The second-order valence-electron chi connectivity index (χ2n) is 3.87. The molecule has 0 bridgehead atoms. The van der Waals surface area contributed by atoms with Gasteiger partial charge >= 0.3 is 0 Å². The van der Waals surface area contributed by atoms with Crippen molar-refractivity contribution in [1.29, 1.82) is 0 Å². The lowest BCUT2D eigenvalue weighted by atomic mass is 10.1. The molecule has 0 saturated carbocycles. The van der Waals surface area contributed by atoms with E-state index in [0.717, 1.165) is 0 Å². The molecule has 1 heterocycles. The van der Waals surface area contributed by atoms with E-state index < -0.39 is 11.1 Å². The van der Waals surface area contributed by atoms with Crippen LogP contribution in [0.1, 0.15) is 10.5 Å². The van der Waals surface area contributed by atoms with Gasteiger partial charge in [-0.25, -0.2) is 9.37 Å². The van der Waals surface area contributed by atoms with Crippen LogP contribution in [0, 0.1) is 5.82 Å². The number of carbonyl (C=O) groups excluding carboxylic acids is 1. The first-order chi connectivity index (χ1) is 9.86. The molecule has 2 aromatic rings. The van der Waals surface area contributed by atoms with Crippen molar-refractivity contribution in [2.45, 2.75) is 0 Å². The number of hydrogen-bond acceptors (Lipinski definition) is 3. The predicted molar refractivity (Wildman–Crippen MR) is 81.4 cm³/mol. The smallest absolute Gasteiger partial charge is 0.270 e. The summed E-state index contributed by atoms with van der Waals surface area (Å²) in [6, 6.07) is 3.97. The van der Waals surface area contributed by atoms with Crippen molar-refractivity contribution in [2.75, 3.05) is 7.11 Å². The van der Waals surface area contributed by atoms with Crippen LogP contribution < -0.4 is 4.74 Å². The van der Waals surface area contributed by atoms with Crippen LogP contribution >= 0.6 is 46.4 Å². The number of hydrogen-bond donors (Lipinski definition) is 0. The van der Waals surface area contributed by atoms with Crippen LogP contribution in [0.25, 0.3) is 11.3 Å². The van der Waals surface area contributed by atoms with Crippen molar-refractivity contribution in [1.82, 2.24) is 4.98 Å². The fourth-order valence-electron chi connectivity index (χ4n) is 1.68. The molecule has 0 unspecified atom stereocenters. The molecule has 0 radical (unpaired) electrons. The summed E-state index contributed by atoms with van der Waals surface area (Å²) in [6.45, 7) is 0. The Morgan fingerprint density at radius 1 is 1.24 bits per heavy atom. The molecule has 0 N–H and O–H groups in total. The van der Waals surface area contributed by atoms with E-state index >= 15 is 0 Å². The van der Waals surface area contributed by atoms with Gasteiger partial charge < -0.3 is 4.74 Å². The predicted octanol–water partition coefficient (Wildman–Crippen LogP) is 5.24. The van der Waals surface area contributed by atoms with Gasteiger partial charge in [0.1, 0.15) is 5.69 Å². The van der Waals surface area contributed by atoms with Gasteiger partial charge in [0, 0.05) is 5.56 Å². The zero-order valence-corrected chi connectivity index (χ0v) is 13.4. The minimum absolute atomic E-state index is 0.0112. The van der Waals surface area contributed by atoms with E-state index in [0.29, 0.717) is 0 Å². The fourth-order valence-corrected chi connectivity index (χ4v) is 2.39. The Morgan fingerprint density at radius 3 is 2.48 bits per heavy atom. The number of methoxy groups -OCH3 is 1. The van der Waals surface area contributed by atoms with Crippen LogP contribution in [-0.4, -0.2) is 17.3 Å².